The first-order valence-electron chi connectivity index (χ1n) is 7.54. The van der Waals surface area contributed by atoms with E-state index in [9.17, 15) is 13.2 Å². The van der Waals surface area contributed by atoms with Crippen LogP contribution in [0.4, 0.5) is 0 Å². The van der Waals surface area contributed by atoms with Crippen LogP contribution in [0.15, 0.2) is 64.1 Å². The maximum Gasteiger partial charge on any atom is 0.337 e. The summed E-state index contributed by atoms with van der Waals surface area (Å²) >= 11 is 3.47. The van der Waals surface area contributed by atoms with Crippen molar-refractivity contribution in [2.45, 2.75) is 4.90 Å². The Morgan fingerprint density at radius 1 is 1.08 bits per heavy atom. The minimum atomic E-state index is -3.24. The van der Waals surface area contributed by atoms with Crippen LogP contribution in [0.5, 0.6) is 0 Å². The standard InChI is InChI=1S/C18H15BrN2O4S/c1-25-18(22)13-5-3-12(4-6-13)16-11-17(19)21(20-16)14-7-9-15(10-8-14)26(2,23)24/h3-11H,1-2H3. The zero-order chi connectivity index (χ0) is 18.9. The fourth-order valence-electron chi connectivity index (χ4n) is 2.41. The van der Waals surface area contributed by atoms with Crippen LogP contribution < -0.4 is 0 Å². The fraction of sp³-hybridized carbons (Fsp3) is 0.111. The lowest BCUT2D eigenvalue weighted by molar-refractivity contribution is 0.0600. The molecule has 0 radical (unpaired) electrons. The number of halogens is 1. The number of ether oxygens (including phenoxy) is 1. The van der Waals surface area contributed by atoms with Crippen molar-refractivity contribution in [1.82, 2.24) is 9.78 Å². The molecular formula is C18H15BrN2O4S. The SMILES string of the molecule is COC(=O)c1ccc(-c2cc(Br)n(-c3ccc(S(C)(=O)=O)cc3)n2)cc1. The summed E-state index contributed by atoms with van der Waals surface area (Å²) in [6, 6.07) is 15.3. The van der Waals surface area contributed by atoms with E-state index in [1.807, 2.05) is 6.07 Å². The largest absolute Gasteiger partial charge is 0.465 e. The van der Waals surface area contributed by atoms with E-state index in [1.165, 1.54) is 13.4 Å². The molecule has 0 spiro atoms. The van der Waals surface area contributed by atoms with Crippen LogP contribution in [0.2, 0.25) is 0 Å². The van der Waals surface area contributed by atoms with Crippen LogP contribution in [0.3, 0.4) is 0 Å². The third kappa shape index (κ3) is 3.71. The summed E-state index contributed by atoms with van der Waals surface area (Å²) < 4.78 is 30.2. The van der Waals surface area contributed by atoms with E-state index in [-0.39, 0.29) is 4.90 Å². The summed E-state index contributed by atoms with van der Waals surface area (Å²) in [5, 5.41) is 4.54. The number of rotatable bonds is 4. The highest BCUT2D eigenvalue weighted by Crippen LogP contribution is 2.26. The molecule has 0 bridgehead atoms. The average molecular weight is 435 g/mol. The summed E-state index contributed by atoms with van der Waals surface area (Å²) in [5.41, 5.74) is 2.73. The second-order valence-electron chi connectivity index (χ2n) is 5.60. The molecule has 0 fully saturated rings. The van der Waals surface area contributed by atoms with Crippen molar-refractivity contribution in [3.63, 3.8) is 0 Å². The van der Waals surface area contributed by atoms with Gasteiger partial charge < -0.3 is 4.74 Å². The Morgan fingerprint density at radius 2 is 1.69 bits per heavy atom. The maximum absolute atomic E-state index is 11.6. The number of carbonyl (C=O) groups excluding carboxylic acids is 1. The Balaban J connectivity index is 1.93. The molecule has 3 aromatic rings. The van der Waals surface area contributed by atoms with Gasteiger partial charge >= 0.3 is 5.97 Å². The smallest absolute Gasteiger partial charge is 0.337 e. The average Bonchev–Trinajstić information content (AvgIpc) is 3.02. The molecule has 134 valence electrons. The lowest BCUT2D eigenvalue weighted by atomic mass is 10.1. The van der Waals surface area contributed by atoms with Crippen molar-refractivity contribution >= 4 is 31.7 Å². The highest BCUT2D eigenvalue weighted by atomic mass is 79.9. The van der Waals surface area contributed by atoms with Gasteiger partial charge in [0.05, 0.1) is 29.0 Å². The fourth-order valence-corrected chi connectivity index (χ4v) is 3.54. The van der Waals surface area contributed by atoms with E-state index in [2.05, 4.69) is 25.8 Å². The van der Waals surface area contributed by atoms with E-state index in [4.69, 9.17) is 0 Å². The van der Waals surface area contributed by atoms with Crippen LogP contribution in [-0.2, 0) is 14.6 Å². The highest BCUT2D eigenvalue weighted by molar-refractivity contribution is 9.10. The second kappa shape index (κ2) is 7.05. The summed E-state index contributed by atoms with van der Waals surface area (Å²) in [5.74, 6) is -0.394. The first kappa shape index (κ1) is 18.3. The van der Waals surface area contributed by atoms with Gasteiger partial charge in [0.1, 0.15) is 4.60 Å². The lowest BCUT2D eigenvalue weighted by Crippen LogP contribution is -2.01. The van der Waals surface area contributed by atoms with E-state index >= 15 is 0 Å². The second-order valence-corrected chi connectivity index (χ2v) is 8.43. The van der Waals surface area contributed by atoms with Gasteiger partial charge in [0, 0.05) is 11.8 Å². The number of sulfone groups is 1. The molecule has 0 aliphatic heterocycles. The number of methoxy groups -OCH3 is 1. The Morgan fingerprint density at radius 3 is 2.23 bits per heavy atom. The molecular weight excluding hydrogens is 420 g/mol. The van der Waals surface area contributed by atoms with Crippen molar-refractivity contribution in [3.05, 3.63) is 64.8 Å². The number of benzene rings is 2. The molecule has 8 heteroatoms. The molecule has 1 aromatic heterocycles. The van der Waals surface area contributed by atoms with Gasteiger partial charge in [0.2, 0.25) is 0 Å². The van der Waals surface area contributed by atoms with Crippen LogP contribution in [0.25, 0.3) is 16.9 Å². The molecule has 1 heterocycles. The van der Waals surface area contributed by atoms with Crippen molar-refractivity contribution < 1.29 is 17.9 Å². The van der Waals surface area contributed by atoms with Crippen LogP contribution >= 0.6 is 15.9 Å². The number of nitrogens with zero attached hydrogens (tertiary/aromatic N) is 2. The third-order valence-electron chi connectivity index (χ3n) is 3.78. The van der Waals surface area contributed by atoms with Crippen LogP contribution in [0.1, 0.15) is 10.4 Å². The Labute approximate surface area is 159 Å². The molecule has 0 saturated heterocycles. The zero-order valence-corrected chi connectivity index (χ0v) is 16.4. The number of hydrogen-bond donors (Lipinski definition) is 0. The van der Waals surface area contributed by atoms with Gasteiger partial charge in [-0.1, -0.05) is 12.1 Å². The Kier molecular flexibility index (Phi) is 4.97. The quantitative estimate of drug-likeness (QED) is 0.587. The number of esters is 1. The minimum absolute atomic E-state index is 0.253. The van der Waals surface area contributed by atoms with Crippen molar-refractivity contribution in [3.8, 4) is 16.9 Å². The monoisotopic (exact) mass is 434 g/mol. The van der Waals surface area contributed by atoms with E-state index < -0.39 is 15.8 Å². The predicted molar refractivity (Wildman–Crippen MR) is 101 cm³/mol. The van der Waals surface area contributed by atoms with Crippen LogP contribution in [0, 0.1) is 0 Å². The molecule has 6 nitrogen and oxygen atoms in total. The zero-order valence-electron chi connectivity index (χ0n) is 14.0. The maximum atomic E-state index is 11.6. The van der Waals surface area contributed by atoms with Crippen molar-refractivity contribution in [2.75, 3.05) is 13.4 Å². The Bertz CT molecular complexity index is 1060. The summed E-state index contributed by atoms with van der Waals surface area (Å²) in [6.45, 7) is 0. The minimum Gasteiger partial charge on any atom is -0.465 e. The Hall–Kier alpha value is -2.45. The van der Waals surface area contributed by atoms with Gasteiger partial charge in [0.25, 0.3) is 0 Å². The predicted octanol–water partition coefficient (Wildman–Crippen LogP) is 3.49. The molecule has 0 aliphatic rings. The first-order chi connectivity index (χ1) is 12.3. The van der Waals surface area contributed by atoms with Gasteiger partial charge in [-0.2, -0.15) is 5.10 Å². The third-order valence-corrected chi connectivity index (χ3v) is 5.47. The van der Waals surface area contributed by atoms with Gasteiger partial charge in [-0.3, -0.25) is 0 Å². The highest BCUT2D eigenvalue weighted by Gasteiger charge is 2.12. The summed E-state index contributed by atoms with van der Waals surface area (Å²) in [4.78, 5) is 11.8. The molecule has 0 saturated carbocycles. The van der Waals surface area contributed by atoms with Crippen molar-refractivity contribution in [1.29, 1.82) is 0 Å². The van der Waals surface area contributed by atoms with Gasteiger partial charge in [0.15, 0.2) is 9.84 Å². The molecule has 2 aromatic carbocycles. The van der Waals surface area contributed by atoms with Gasteiger partial charge in [-0.05, 0) is 58.4 Å². The molecule has 0 amide bonds. The summed E-state index contributed by atoms with van der Waals surface area (Å²) in [7, 11) is -1.90. The summed E-state index contributed by atoms with van der Waals surface area (Å²) in [6.07, 6.45) is 1.17. The van der Waals surface area contributed by atoms with Gasteiger partial charge in [-0.15, -0.1) is 0 Å². The van der Waals surface area contributed by atoms with E-state index in [1.54, 1.807) is 53.2 Å². The number of hydrogen-bond acceptors (Lipinski definition) is 5. The topological polar surface area (TPSA) is 78.3 Å². The van der Waals surface area contributed by atoms with Crippen LogP contribution in [-0.4, -0.2) is 37.5 Å². The molecule has 26 heavy (non-hydrogen) atoms. The molecule has 0 atom stereocenters. The van der Waals surface area contributed by atoms with Crippen molar-refractivity contribution in [2.24, 2.45) is 0 Å². The molecule has 0 unspecified atom stereocenters. The molecule has 3 rings (SSSR count). The number of aromatic nitrogens is 2. The van der Waals surface area contributed by atoms with Gasteiger partial charge in [-0.25, -0.2) is 17.9 Å². The van der Waals surface area contributed by atoms with E-state index in [0.717, 1.165) is 15.9 Å². The normalized spacial score (nSPS) is 11.3. The lowest BCUT2D eigenvalue weighted by Gasteiger charge is -2.05. The molecule has 0 aliphatic carbocycles. The number of carbonyl (C=O) groups is 1. The first-order valence-corrected chi connectivity index (χ1v) is 10.2. The van der Waals surface area contributed by atoms with E-state index in [0.29, 0.717) is 11.3 Å². The molecule has 0 N–H and O–H groups in total.